The van der Waals surface area contributed by atoms with Crippen molar-refractivity contribution in [2.45, 2.75) is 43.5 Å². The van der Waals surface area contributed by atoms with E-state index < -0.39 is 10.0 Å². The summed E-state index contributed by atoms with van der Waals surface area (Å²) in [7, 11) is -1.78. The Labute approximate surface area is 136 Å². The predicted molar refractivity (Wildman–Crippen MR) is 89.6 cm³/mol. The van der Waals surface area contributed by atoms with E-state index in [9.17, 15) is 8.42 Å². The fourth-order valence-corrected chi connectivity index (χ4v) is 4.96. The minimum Gasteiger partial charge on any atom is -0.250 e. The van der Waals surface area contributed by atoms with Crippen LogP contribution in [0.3, 0.4) is 0 Å². The van der Waals surface area contributed by atoms with E-state index >= 15 is 0 Å². The Bertz CT molecular complexity index is 835. The molecular weight excluding hydrogens is 312 g/mol. The second-order valence-corrected chi connectivity index (χ2v) is 7.94. The highest BCUT2D eigenvalue weighted by Gasteiger charge is 2.33. The summed E-state index contributed by atoms with van der Waals surface area (Å²) in [5.74, 6) is 0. The van der Waals surface area contributed by atoms with Crippen molar-refractivity contribution in [3.8, 4) is 0 Å². The maximum Gasteiger partial charge on any atom is 0.245 e. The van der Waals surface area contributed by atoms with Crippen LogP contribution in [0.15, 0.2) is 29.8 Å². The third-order valence-electron chi connectivity index (χ3n) is 4.49. The molecule has 0 bridgehead atoms. The minimum absolute atomic E-state index is 0.0590. The second-order valence-electron chi connectivity index (χ2n) is 6.05. The Balaban J connectivity index is 2.06. The zero-order valence-electron chi connectivity index (χ0n) is 13.6. The van der Waals surface area contributed by atoms with Crippen LogP contribution in [0.2, 0.25) is 0 Å². The highest BCUT2D eigenvalue weighted by Crippen LogP contribution is 2.29. The van der Waals surface area contributed by atoms with E-state index in [2.05, 4.69) is 16.7 Å². The summed E-state index contributed by atoms with van der Waals surface area (Å²) in [5.41, 5.74) is 1.47. The number of aryl methyl sites for hydroxylation is 2. The first kappa shape index (κ1) is 16.1. The molecule has 124 valence electrons. The number of hydrogen-bond donors (Lipinski definition) is 0. The Hall–Kier alpha value is -1.73. The van der Waals surface area contributed by atoms with Crippen molar-refractivity contribution < 1.29 is 8.42 Å². The monoisotopic (exact) mass is 334 g/mol. The Morgan fingerprint density at radius 2 is 2.13 bits per heavy atom. The van der Waals surface area contributed by atoms with Gasteiger partial charge >= 0.3 is 0 Å². The van der Waals surface area contributed by atoms with Gasteiger partial charge in [-0.2, -0.15) is 9.40 Å². The predicted octanol–water partition coefficient (Wildman–Crippen LogP) is 2.40. The Kier molecular flexibility index (Phi) is 4.25. The van der Waals surface area contributed by atoms with Crippen LogP contribution in [-0.4, -0.2) is 40.1 Å². The first-order valence-electron chi connectivity index (χ1n) is 7.87. The van der Waals surface area contributed by atoms with Gasteiger partial charge in [0.05, 0.1) is 5.69 Å². The second kappa shape index (κ2) is 6.05. The van der Waals surface area contributed by atoms with Crippen LogP contribution < -0.4 is 0 Å². The number of hydrogen-bond acceptors (Lipinski definition) is 4. The van der Waals surface area contributed by atoms with Crippen LogP contribution >= 0.6 is 0 Å². The van der Waals surface area contributed by atoms with Crippen molar-refractivity contribution >= 4 is 21.1 Å². The molecule has 2 aromatic heterocycles. The molecule has 1 saturated carbocycles. The molecule has 1 fully saturated rings. The molecule has 0 aliphatic heterocycles. The van der Waals surface area contributed by atoms with E-state index in [4.69, 9.17) is 0 Å². The lowest BCUT2D eigenvalue weighted by Gasteiger charge is -2.26. The van der Waals surface area contributed by atoms with Gasteiger partial charge in [-0.25, -0.2) is 13.4 Å². The quantitative estimate of drug-likeness (QED) is 0.788. The SMILES string of the molecule is C=CCN(C1CCCC1)S(=O)(=O)c1cnc2c(c1)c(C)nn2C. The van der Waals surface area contributed by atoms with Gasteiger partial charge in [0.1, 0.15) is 4.90 Å². The molecule has 0 amide bonds. The molecule has 0 aromatic carbocycles. The molecule has 0 atom stereocenters. The third kappa shape index (κ3) is 2.79. The molecule has 2 heterocycles. The molecular formula is C16H22N4O2S. The van der Waals surface area contributed by atoms with Crippen molar-refractivity contribution in [2.24, 2.45) is 7.05 Å². The molecule has 0 spiro atoms. The molecule has 0 N–H and O–H groups in total. The Morgan fingerprint density at radius 1 is 1.43 bits per heavy atom. The molecule has 1 aliphatic rings. The fraction of sp³-hybridized carbons (Fsp3) is 0.500. The molecule has 23 heavy (non-hydrogen) atoms. The van der Waals surface area contributed by atoms with Crippen LogP contribution in [0.25, 0.3) is 11.0 Å². The standard InChI is InChI=1S/C16H22N4O2S/c1-4-9-20(13-7-5-6-8-13)23(21,22)14-10-15-12(2)18-19(3)16(15)17-11-14/h4,10-11,13H,1,5-9H2,2-3H3. The van der Waals surface area contributed by atoms with E-state index in [1.54, 1.807) is 28.2 Å². The number of nitrogens with zero attached hydrogens (tertiary/aromatic N) is 4. The molecule has 7 heteroatoms. The number of fused-ring (bicyclic) bond motifs is 1. The first-order valence-corrected chi connectivity index (χ1v) is 9.31. The van der Waals surface area contributed by atoms with E-state index in [0.29, 0.717) is 12.2 Å². The smallest absolute Gasteiger partial charge is 0.245 e. The molecule has 0 unspecified atom stereocenters. The summed E-state index contributed by atoms with van der Waals surface area (Å²) >= 11 is 0. The first-order chi connectivity index (χ1) is 10.9. The van der Waals surface area contributed by atoms with Crippen molar-refractivity contribution in [1.82, 2.24) is 19.1 Å². The van der Waals surface area contributed by atoms with Gasteiger partial charge in [-0.05, 0) is 25.8 Å². The molecule has 0 saturated heterocycles. The summed E-state index contributed by atoms with van der Waals surface area (Å²) < 4.78 is 29.4. The van der Waals surface area contributed by atoms with Crippen LogP contribution in [0.5, 0.6) is 0 Å². The summed E-state index contributed by atoms with van der Waals surface area (Å²) in [6.07, 6.45) is 7.06. The van der Waals surface area contributed by atoms with Gasteiger partial charge in [-0.3, -0.25) is 4.68 Å². The van der Waals surface area contributed by atoms with Gasteiger partial charge in [0.2, 0.25) is 10.0 Å². The summed E-state index contributed by atoms with van der Waals surface area (Å²) in [6.45, 7) is 5.90. The third-order valence-corrected chi connectivity index (χ3v) is 6.37. The van der Waals surface area contributed by atoms with E-state index in [1.807, 2.05) is 6.92 Å². The van der Waals surface area contributed by atoms with Crippen LogP contribution in [0, 0.1) is 6.92 Å². The minimum atomic E-state index is -3.58. The fourth-order valence-electron chi connectivity index (χ4n) is 3.33. The van der Waals surface area contributed by atoms with Gasteiger partial charge < -0.3 is 0 Å². The van der Waals surface area contributed by atoms with Crippen molar-refractivity contribution in [2.75, 3.05) is 6.54 Å². The van der Waals surface area contributed by atoms with E-state index in [0.717, 1.165) is 36.8 Å². The van der Waals surface area contributed by atoms with Gasteiger partial charge in [0.25, 0.3) is 0 Å². The lowest BCUT2D eigenvalue weighted by atomic mass is 10.2. The molecule has 0 radical (unpaired) electrons. The van der Waals surface area contributed by atoms with Crippen molar-refractivity contribution in [3.05, 3.63) is 30.6 Å². The summed E-state index contributed by atoms with van der Waals surface area (Å²) in [4.78, 5) is 4.54. The molecule has 3 rings (SSSR count). The topological polar surface area (TPSA) is 68.1 Å². The lowest BCUT2D eigenvalue weighted by molar-refractivity contribution is 0.347. The van der Waals surface area contributed by atoms with Crippen LogP contribution in [-0.2, 0) is 17.1 Å². The van der Waals surface area contributed by atoms with E-state index in [1.165, 1.54) is 6.20 Å². The summed E-state index contributed by atoms with van der Waals surface area (Å²) in [5, 5.41) is 5.08. The molecule has 6 nitrogen and oxygen atoms in total. The zero-order chi connectivity index (χ0) is 16.6. The molecule has 1 aliphatic carbocycles. The number of sulfonamides is 1. The lowest BCUT2D eigenvalue weighted by Crippen LogP contribution is -2.38. The average Bonchev–Trinajstić information content (AvgIpc) is 3.14. The van der Waals surface area contributed by atoms with Gasteiger partial charge in [-0.15, -0.1) is 6.58 Å². The van der Waals surface area contributed by atoms with Crippen molar-refractivity contribution in [3.63, 3.8) is 0 Å². The van der Waals surface area contributed by atoms with Crippen LogP contribution in [0.4, 0.5) is 0 Å². The van der Waals surface area contributed by atoms with Gasteiger partial charge in [0, 0.05) is 31.2 Å². The van der Waals surface area contributed by atoms with Gasteiger partial charge in [0.15, 0.2) is 5.65 Å². The summed E-state index contributed by atoms with van der Waals surface area (Å²) in [6, 6.07) is 1.74. The largest absolute Gasteiger partial charge is 0.250 e. The van der Waals surface area contributed by atoms with Gasteiger partial charge in [-0.1, -0.05) is 18.9 Å². The van der Waals surface area contributed by atoms with E-state index in [-0.39, 0.29) is 10.9 Å². The number of rotatable bonds is 5. The van der Waals surface area contributed by atoms with Crippen molar-refractivity contribution in [1.29, 1.82) is 0 Å². The maximum atomic E-state index is 13.1. The molecule has 2 aromatic rings. The van der Waals surface area contributed by atoms with Crippen LogP contribution in [0.1, 0.15) is 31.4 Å². The number of pyridine rings is 1. The highest BCUT2D eigenvalue weighted by molar-refractivity contribution is 7.89. The normalized spacial score (nSPS) is 16.5. The zero-order valence-corrected chi connectivity index (χ0v) is 14.4. The number of aromatic nitrogens is 3. The Morgan fingerprint density at radius 3 is 2.78 bits per heavy atom. The highest BCUT2D eigenvalue weighted by atomic mass is 32.2. The maximum absolute atomic E-state index is 13.1. The average molecular weight is 334 g/mol.